The minimum absolute atomic E-state index is 0.403. The fourth-order valence-corrected chi connectivity index (χ4v) is 0.454. The van der Waals surface area contributed by atoms with Gasteiger partial charge in [0.15, 0.2) is 0 Å². The summed E-state index contributed by atoms with van der Waals surface area (Å²) < 4.78 is 12.3. The van der Waals surface area contributed by atoms with Crippen molar-refractivity contribution >= 4 is 5.97 Å². The highest BCUT2D eigenvalue weighted by atomic mass is 19.1. The molecular formula is C8H14FN. The lowest BCUT2D eigenvalue weighted by atomic mass is 10.1. The van der Waals surface area contributed by atoms with Crippen LogP contribution in [0.1, 0.15) is 20.3 Å². The molecule has 1 nitrogen and oxygen atoms in total. The van der Waals surface area contributed by atoms with E-state index < -0.39 is 5.97 Å². The zero-order chi connectivity index (χ0) is 7.98. The molecule has 10 heavy (non-hydrogen) atoms. The summed E-state index contributed by atoms with van der Waals surface area (Å²) >= 11 is 0. The largest absolute Gasteiger partial charge is 0.261 e. The van der Waals surface area contributed by atoms with Crippen molar-refractivity contribution in [2.24, 2.45) is 10.9 Å². The van der Waals surface area contributed by atoms with Gasteiger partial charge in [-0.3, -0.25) is 4.99 Å². The first-order valence-corrected chi connectivity index (χ1v) is 3.51. The Morgan fingerprint density at radius 3 is 2.70 bits per heavy atom. The monoisotopic (exact) mass is 143 g/mol. The zero-order valence-electron chi connectivity index (χ0n) is 6.76. The molecule has 0 rings (SSSR count). The van der Waals surface area contributed by atoms with Gasteiger partial charge in [0, 0.05) is 7.05 Å². The molecular weight excluding hydrogens is 129 g/mol. The maximum Gasteiger partial charge on any atom is 0.207 e. The molecule has 1 unspecified atom stereocenters. The Morgan fingerprint density at radius 2 is 2.30 bits per heavy atom. The first-order chi connectivity index (χ1) is 4.70. The Bertz CT molecular complexity index is 138. The smallest absolute Gasteiger partial charge is 0.207 e. The Hall–Kier alpha value is -0.660. The zero-order valence-corrected chi connectivity index (χ0v) is 6.76. The van der Waals surface area contributed by atoms with Crippen LogP contribution in [-0.4, -0.2) is 13.0 Å². The molecule has 0 fully saturated rings. The Kier molecular flexibility index (Phi) is 4.81. The van der Waals surface area contributed by atoms with Crippen LogP contribution in [0.3, 0.4) is 0 Å². The van der Waals surface area contributed by atoms with Crippen LogP contribution in [-0.2, 0) is 0 Å². The minimum atomic E-state index is -0.403. The van der Waals surface area contributed by atoms with Crippen LogP contribution in [0.2, 0.25) is 0 Å². The van der Waals surface area contributed by atoms with E-state index in [0.29, 0.717) is 5.92 Å². The summed E-state index contributed by atoms with van der Waals surface area (Å²) in [5, 5.41) is 0. The Balaban J connectivity index is 3.75. The number of nitrogens with zero attached hydrogens (tertiary/aromatic N) is 1. The van der Waals surface area contributed by atoms with Crippen molar-refractivity contribution in [3.8, 4) is 0 Å². The van der Waals surface area contributed by atoms with E-state index in [2.05, 4.69) is 11.9 Å². The van der Waals surface area contributed by atoms with E-state index in [9.17, 15) is 4.39 Å². The van der Waals surface area contributed by atoms with Crippen LogP contribution in [0.15, 0.2) is 17.1 Å². The van der Waals surface area contributed by atoms with Crippen LogP contribution in [0.4, 0.5) is 4.39 Å². The van der Waals surface area contributed by atoms with Gasteiger partial charge < -0.3 is 0 Å². The van der Waals surface area contributed by atoms with Crippen molar-refractivity contribution in [3.63, 3.8) is 0 Å². The van der Waals surface area contributed by atoms with Gasteiger partial charge in [0.25, 0.3) is 0 Å². The predicted molar refractivity (Wildman–Crippen MR) is 43.1 cm³/mol. The van der Waals surface area contributed by atoms with Gasteiger partial charge >= 0.3 is 0 Å². The predicted octanol–water partition coefficient (Wildman–Crippen LogP) is 2.59. The SMILES string of the molecule is CCC(C)/C=C\C(F)=NC. The first kappa shape index (κ1) is 9.34. The molecule has 0 saturated carbocycles. The third-order valence-corrected chi connectivity index (χ3v) is 1.42. The molecule has 0 aromatic rings. The number of hydrogen-bond acceptors (Lipinski definition) is 1. The lowest BCUT2D eigenvalue weighted by molar-refractivity contribution is 0.696. The van der Waals surface area contributed by atoms with E-state index in [0.717, 1.165) is 6.42 Å². The lowest BCUT2D eigenvalue weighted by Crippen LogP contribution is -1.87. The average molecular weight is 143 g/mol. The van der Waals surface area contributed by atoms with Crippen LogP contribution >= 0.6 is 0 Å². The highest BCUT2D eigenvalue weighted by Crippen LogP contribution is 2.01. The molecule has 0 aliphatic heterocycles. The summed E-state index contributed by atoms with van der Waals surface area (Å²) in [6, 6.07) is 0. The van der Waals surface area contributed by atoms with Crippen LogP contribution in [0.25, 0.3) is 0 Å². The summed E-state index contributed by atoms with van der Waals surface area (Å²) in [6.07, 6.45) is 4.27. The van der Waals surface area contributed by atoms with Crippen molar-refractivity contribution in [1.29, 1.82) is 0 Å². The van der Waals surface area contributed by atoms with E-state index in [4.69, 9.17) is 0 Å². The molecule has 58 valence electrons. The van der Waals surface area contributed by atoms with Gasteiger partial charge in [-0.1, -0.05) is 26.3 Å². The summed E-state index contributed by atoms with van der Waals surface area (Å²) in [7, 11) is 1.44. The van der Waals surface area contributed by atoms with E-state index in [1.165, 1.54) is 13.1 Å². The highest BCUT2D eigenvalue weighted by molar-refractivity contribution is 5.86. The number of allylic oxidation sites excluding steroid dienone is 2. The number of aliphatic imine (C=N–C) groups is 1. The van der Waals surface area contributed by atoms with Gasteiger partial charge in [-0.15, -0.1) is 0 Å². The molecule has 0 amide bonds. The van der Waals surface area contributed by atoms with Gasteiger partial charge in [0.2, 0.25) is 5.97 Å². The van der Waals surface area contributed by atoms with E-state index >= 15 is 0 Å². The minimum Gasteiger partial charge on any atom is -0.261 e. The van der Waals surface area contributed by atoms with Gasteiger partial charge in [-0.05, 0) is 12.0 Å². The fraction of sp³-hybridized carbons (Fsp3) is 0.625. The lowest BCUT2D eigenvalue weighted by Gasteiger charge is -1.96. The van der Waals surface area contributed by atoms with E-state index in [-0.39, 0.29) is 0 Å². The first-order valence-electron chi connectivity index (χ1n) is 3.51. The fourth-order valence-electron chi connectivity index (χ4n) is 0.454. The second-order valence-corrected chi connectivity index (χ2v) is 2.29. The molecule has 0 radical (unpaired) electrons. The molecule has 0 heterocycles. The van der Waals surface area contributed by atoms with E-state index in [1.54, 1.807) is 0 Å². The standard InChI is InChI=1S/C8H14FN/c1-4-7(2)5-6-8(9)10-3/h5-7H,4H2,1-3H3/b6-5-,10-8?. The molecule has 0 aliphatic rings. The summed E-state index contributed by atoms with van der Waals surface area (Å²) in [4.78, 5) is 3.36. The number of halogens is 1. The Morgan fingerprint density at radius 1 is 1.70 bits per heavy atom. The molecule has 0 aliphatic carbocycles. The van der Waals surface area contributed by atoms with Crippen molar-refractivity contribution < 1.29 is 4.39 Å². The number of rotatable bonds is 3. The summed E-state index contributed by atoms with van der Waals surface area (Å²) in [5.41, 5.74) is 0. The maximum absolute atomic E-state index is 12.3. The third-order valence-electron chi connectivity index (χ3n) is 1.42. The molecule has 2 heteroatoms. The molecule has 0 N–H and O–H groups in total. The van der Waals surface area contributed by atoms with Crippen molar-refractivity contribution in [3.05, 3.63) is 12.2 Å². The van der Waals surface area contributed by atoms with Crippen LogP contribution in [0.5, 0.6) is 0 Å². The normalized spacial score (nSPS) is 16.2. The van der Waals surface area contributed by atoms with Gasteiger partial charge in [-0.25, -0.2) is 0 Å². The second kappa shape index (κ2) is 5.15. The molecule has 0 saturated heterocycles. The van der Waals surface area contributed by atoms with Crippen LogP contribution < -0.4 is 0 Å². The maximum atomic E-state index is 12.3. The van der Waals surface area contributed by atoms with Crippen molar-refractivity contribution in [2.75, 3.05) is 7.05 Å². The summed E-state index contributed by atoms with van der Waals surface area (Å²) in [6.45, 7) is 4.11. The number of hydrogen-bond donors (Lipinski definition) is 0. The molecule has 0 spiro atoms. The van der Waals surface area contributed by atoms with Crippen molar-refractivity contribution in [1.82, 2.24) is 0 Å². The van der Waals surface area contributed by atoms with E-state index in [1.807, 2.05) is 13.0 Å². The Labute approximate surface area is 61.7 Å². The third kappa shape index (κ3) is 4.24. The second-order valence-electron chi connectivity index (χ2n) is 2.29. The van der Waals surface area contributed by atoms with Gasteiger partial charge in [-0.2, -0.15) is 4.39 Å². The van der Waals surface area contributed by atoms with Gasteiger partial charge in [0.1, 0.15) is 0 Å². The molecule has 0 bridgehead atoms. The average Bonchev–Trinajstić information content (AvgIpc) is 1.99. The highest BCUT2D eigenvalue weighted by Gasteiger charge is 1.91. The molecule has 0 aromatic carbocycles. The topological polar surface area (TPSA) is 12.4 Å². The quantitative estimate of drug-likeness (QED) is 0.538. The molecule has 0 aromatic heterocycles. The van der Waals surface area contributed by atoms with Gasteiger partial charge in [0.05, 0.1) is 0 Å². The van der Waals surface area contributed by atoms with Crippen LogP contribution in [0, 0.1) is 5.92 Å². The van der Waals surface area contributed by atoms with Crippen molar-refractivity contribution in [2.45, 2.75) is 20.3 Å². The summed E-state index contributed by atoms with van der Waals surface area (Å²) in [5.74, 6) is 0.0350. The molecule has 1 atom stereocenters.